The lowest BCUT2D eigenvalue weighted by Crippen LogP contribution is -2.57. The molecule has 0 bridgehead atoms. The highest BCUT2D eigenvalue weighted by molar-refractivity contribution is 5.98. The van der Waals surface area contributed by atoms with Crippen LogP contribution in [0.4, 0.5) is 0 Å². The monoisotopic (exact) mass is 587 g/mol. The van der Waals surface area contributed by atoms with Crippen molar-refractivity contribution in [2.24, 2.45) is 5.92 Å². The number of nitrogens with zero attached hydrogens (tertiary/aromatic N) is 1. The molecule has 0 aromatic heterocycles. The molecule has 230 valence electrons. The molecule has 0 spiro atoms. The van der Waals surface area contributed by atoms with Crippen LogP contribution in [0.15, 0.2) is 24.3 Å². The molecule has 3 saturated heterocycles. The summed E-state index contributed by atoms with van der Waals surface area (Å²) in [5.41, 5.74) is -0.228. The lowest BCUT2D eigenvalue weighted by molar-refractivity contribution is -0.134. The van der Waals surface area contributed by atoms with Crippen molar-refractivity contribution in [3.8, 4) is 5.75 Å². The first kappa shape index (κ1) is 31.4. The summed E-state index contributed by atoms with van der Waals surface area (Å²) in [4.78, 5) is 66.4. The van der Waals surface area contributed by atoms with Gasteiger partial charge in [-0.15, -0.1) is 0 Å². The normalized spacial score (nSPS) is 24.1. The van der Waals surface area contributed by atoms with Crippen molar-refractivity contribution < 1.29 is 38.2 Å². The molecular formula is C29H41N5O8. The number of epoxide rings is 1. The Morgan fingerprint density at radius 1 is 1.07 bits per heavy atom. The first-order valence-electron chi connectivity index (χ1n) is 14.3. The standard InChI is InChI=1S/C29H41N5O8/c1-18(31-25(36)16-34-8-10-41-11-9-34)27(38)33-23(12-19-4-6-21(40-3)7-5-19)28(39)32-22(26(37)29(2)17-42-29)13-20-14-24(35)30-15-20/h4-7,18,20,22-23H,8-17H2,1-3H3,(H,30,35)(H,31,36)(H,32,39)(H,33,38)/t18-,20?,22-,23-,29-/m0/s1. The topological polar surface area (TPSA) is 168 Å². The zero-order valence-electron chi connectivity index (χ0n) is 24.4. The summed E-state index contributed by atoms with van der Waals surface area (Å²) in [5.74, 6) is -1.24. The summed E-state index contributed by atoms with van der Waals surface area (Å²) in [6, 6.07) is 4.23. The van der Waals surface area contributed by atoms with E-state index in [0.717, 1.165) is 5.56 Å². The highest BCUT2D eigenvalue weighted by atomic mass is 16.6. The van der Waals surface area contributed by atoms with Gasteiger partial charge >= 0.3 is 0 Å². The van der Waals surface area contributed by atoms with Crippen LogP contribution in [-0.4, -0.2) is 111 Å². The van der Waals surface area contributed by atoms with Gasteiger partial charge in [0.2, 0.25) is 23.6 Å². The Kier molecular flexibility index (Phi) is 10.5. The lowest BCUT2D eigenvalue weighted by atomic mass is 9.91. The van der Waals surface area contributed by atoms with Crippen LogP contribution in [0.5, 0.6) is 5.75 Å². The number of methoxy groups -OCH3 is 1. The molecule has 13 heteroatoms. The molecular weight excluding hydrogens is 546 g/mol. The van der Waals surface area contributed by atoms with Crippen LogP contribution in [0.3, 0.4) is 0 Å². The molecule has 1 unspecified atom stereocenters. The average Bonchev–Trinajstić information content (AvgIpc) is 3.60. The third kappa shape index (κ3) is 8.73. The molecule has 4 amide bonds. The largest absolute Gasteiger partial charge is 0.497 e. The second-order valence-corrected chi connectivity index (χ2v) is 11.3. The zero-order valence-corrected chi connectivity index (χ0v) is 24.4. The fraction of sp³-hybridized carbons (Fsp3) is 0.621. The SMILES string of the molecule is COc1ccc(C[C@H](NC(=O)[C@H](C)NC(=O)CN2CCOCC2)C(=O)N[C@@H](CC2CNC(=O)C2)C(=O)[C@]2(C)CO2)cc1. The summed E-state index contributed by atoms with van der Waals surface area (Å²) >= 11 is 0. The van der Waals surface area contributed by atoms with E-state index in [-0.39, 0.29) is 55.9 Å². The van der Waals surface area contributed by atoms with Crippen molar-refractivity contribution in [2.45, 2.75) is 56.8 Å². The predicted molar refractivity (Wildman–Crippen MR) is 151 cm³/mol. The van der Waals surface area contributed by atoms with Gasteiger partial charge in [-0.1, -0.05) is 12.1 Å². The molecule has 0 radical (unpaired) electrons. The van der Waals surface area contributed by atoms with E-state index < -0.39 is 35.5 Å². The lowest BCUT2D eigenvalue weighted by Gasteiger charge is -2.27. The molecule has 3 fully saturated rings. The van der Waals surface area contributed by atoms with Gasteiger partial charge in [0.05, 0.1) is 39.5 Å². The minimum absolute atomic E-state index is 0.0966. The Balaban J connectivity index is 1.44. The fourth-order valence-electron chi connectivity index (χ4n) is 5.11. The molecule has 1 aromatic rings. The Hall–Kier alpha value is -3.55. The molecule has 3 aliphatic heterocycles. The first-order valence-corrected chi connectivity index (χ1v) is 14.3. The van der Waals surface area contributed by atoms with Crippen LogP contribution in [0.1, 0.15) is 32.3 Å². The first-order chi connectivity index (χ1) is 20.1. The molecule has 1 aromatic carbocycles. The molecule has 3 heterocycles. The second kappa shape index (κ2) is 14.1. The molecule has 13 nitrogen and oxygen atoms in total. The van der Waals surface area contributed by atoms with E-state index in [2.05, 4.69) is 21.3 Å². The third-order valence-electron chi connectivity index (χ3n) is 7.84. The number of hydrogen-bond acceptors (Lipinski definition) is 9. The van der Waals surface area contributed by atoms with Crippen molar-refractivity contribution in [2.75, 3.05) is 53.1 Å². The van der Waals surface area contributed by atoms with E-state index >= 15 is 0 Å². The van der Waals surface area contributed by atoms with Crippen molar-refractivity contribution in [1.82, 2.24) is 26.2 Å². The summed E-state index contributed by atoms with van der Waals surface area (Å²) in [6.07, 6.45) is 0.665. The number of rotatable bonds is 14. The smallest absolute Gasteiger partial charge is 0.243 e. The van der Waals surface area contributed by atoms with E-state index in [1.807, 2.05) is 4.90 Å². The maximum atomic E-state index is 13.7. The molecule has 0 saturated carbocycles. The van der Waals surface area contributed by atoms with Gasteiger partial charge in [-0.25, -0.2) is 0 Å². The Bertz CT molecular complexity index is 1150. The van der Waals surface area contributed by atoms with Crippen molar-refractivity contribution >= 4 is 29.4 Å². The van der Waals surface area contributed by atoms with E-state index in [4.69, 9.17) is 14.2 Å². The summed E-state index contributed by atoms with van der Waals surface area (Å²) in [5, 5.41) is 11.1. The van der Waals surface area contributed by atoms with Gasteiger partial charge in [0.15, 0.2) is 5.78 Å². The van der Waals surface area contributed by atoms with Crippen LogP contribution < -0.4 is 26.0 Å². The maximum Gasteiger partial charge on any atom is 0.243 e. The van der Waals surface area contributed by atoms with Gasteiger partial charge in [0.1, 0.15) is 23.4 Å². The van der Waals surface area contributed by atoms with Gasteiger partial charge in [-0.2, -0.15) is 0 Å². The van der Waals surface area contributed by atoms with Crippen LogP contribution in [-0.2, 0) is 39.9 Å². The number of ketones is 1. The predicted octanol–water partition coefficient (Wildman–Crippen LogP) is -1.07. The minimum Gasteiger partial charge on any atom is -0.497 e. The second-order valence-electron chi connectivity index (χ2n) is 11.3. The number of amides is 4. The molecule has 5 atom stereocenters. The Morgan fingerprint density at radius 3 is 2.33 bits per heavy atom. The van der Waals surface area contributed by atoms with Crippen molar-refractivity contribution in [3.05, 3.63) is 29.8 Å². The van der Waals surface area contributed by atoms with Gasteiger partial charge in [0.25, 0.3) is 0 Å². The number of morpholine rings is 1. The average molecular weight is 588 g/mol. The van der Waals surface area contributed by atoms with Crippen LogP contribution in [0.2, 0.25) is 0 Å². The molecule has 3 aliphatic rings. The van der Waals surface area contributed by atoms with Gasteiger partial charge in [0, 0.05) is 32.5 Å². The van der Waals surface area contributed by atoms with Gasteiger partial charge in [-0.3, -0.25) is 28.9 Å². The van der Waals surface area contributed by atoms with E-state index in [9.17, 15) is 24.0 Å². The number of benzene rings is 1. The van der Waals surface area contributed by atoms with E-state index in [0.29, 0.717) is 38.6 Å². The molecule has 42 heavy (non-hydrogen) atoms. The van der Waals surface area contributed by atoms with E-state index in [1.165, 1.54) is 0 Å². The highest BCUT2D eigenvalue weighted by Gasteiger charge is 2.50. The molecule has 4 rings (SSSR count). The number of hydrogen-bond donors (Lipinski definition) is 4. The Morgan fingerprint density at radius 2 is 1.74 bits per heavy atom. The highest BCUT2D eigenvalue weighted by Crippen LogP contribution is 2.30. The Labute approximate surface area is 245 Å². The van der Waals surface area contributed by atoms with E-state index in [1.54, 1.807) is 45.2 Å². The van der Waals surface area contributed by atoms with Crippen LogP contribution >= 0.6 is 0 Å². The molecule has 0 aliphatic carbocycles. The number of carbonyl (C=O) groups excluding carboxylic acids is 5. The fourth-order valence-corrected chi connectivity index (χ4v) is 5.11. The number of ether oxygens (including phenoxy) is 3. The van der Waals surface area contributed by atoms with Crippen LogP contribution in [0, 0.1) is 5.92 Å². The quantitative estimate of drug-likeness (QED) is 0.198. The van der Waals surface area contributed by atoms with Crippen molar-refractivity contribution in [1.29, 1.82) is 0 Å². The number of Topliss-reactive ketones (excluding diaryl/α,β-unsaturated/α-hetero) is 1. The number of nitrogens with one attached hydrogen (secondary N) is 4. The summed E-state index contributed by atoms with van der Waals surface area (Å²) in [7, 11) is 1.55. The van der Waals surface area contributed by atoms with Gasteiger partial charge in [-0.05, 0) is 43.9 Å². The zero-order chi connectivity index (χ0) is 30.3. The molecule has 4 N–H and O–H groups in total. The van der Waals surface area contributed by atoms with Crippen LogP contribution in [0.25, 0.3) is 0 Å². The maximum absolute atomic E-state index is 13.7. The van der Waals surface area contributed by atoms with Crippen molar-refractivity contribution in [3.63, 3.8) is 0 Å². The summed E-state index contributed by atoms with van der Waals surface area (Å²) < 4.78 is 15.9. The number of carbonyl (C=O) groups is 5. The van der Waals surface area contributed by atoms with Gasteiger partial charge < -0.3 is 35.5 Å². The minimum atomic E-state index is -1.05. The third-order valence-corrected chi connectivity index (χ3v) is 7.84. The summed E-state index contributed by atoms with van der Waals surface area (Å²) in [6.45, 7) is 6.40.